The lowest BCUT2D eigenvalue weighted by atomic mass is 10.1. The molecule has 1 rings (SSSR count). The SMILES string of the molecule is CCCCCC(C)NC(=NC)NCCc1c(C)noc1C.I. The zero-order chi connectivity index (χ0) is 15.7. The van der Waals surface area contributed by atoms with E-state index in [4.69, 9.17) is 4.52 Å². The van der Waals surface area contributed by atoms with Crippen LogP contribution < -0.4 is 10.6 Å². The van der Waals surface area contributed by atoms with Gasteiger partial charge in [-0.05, 0) is 33.6 Å². The topological polar surface area (TPSA) is 62.5 Å². The van der Waals surface area contributed by atoms with E-state index in [1.807, 2.05) is 20.9 Å². The first-order valence-corrected chi connectivity index (χ1v) is 7.97. The molecule has 1 unspecified atom stereocenters. The number of rotatable bonds is 8. The quantitative estimate of drug-likeness (QED) is 0.291. The summed E-state index contributed by atoms with van der Waals surface area (Å²) in [5, 5.41) is 10.8. The molecule has 1 aromatic rings. The van der Waals surface area contributed by atoms with E-state index >= 15 is 0 Å². The molecular weight excluding hydrogens is 391 g/mol. The first-order valence-electron chi connectivity index (χ1n) is 7.97. The Bertz CT molecular complexity index is 426. The van der Waals surface area contributed by atoms with E-state index in [1.165, 1.54) is 31.2 Å². The Morgan fingerprint density at radius 2 is 2.05 bits per heavy atom. The molecule has 1 aromatic heterocycles. The van der Waals surface area contributed by atoms with Crippen LogP contribution in [-0.2, 0) is 6.42 Å². The van der Waals surface area contributed by atoms with Crippen molar-refractivity contribution in [2.45, 2.75) is 65.8 Å². The number of halogens is 1. The molecule has 0 aliphatic carbocycles. The van der Waals surface area contributed by atoms with Gasteiger partial charge in [0.2, 0.25) is 0 Å². The molecule has 5 nitrogen and oxygen atoms in total. The summed E-state index contributed by atoms with van der Waals surface area (Å²) in [5.74, 6) is 1.77. The number of nitrogens with one attached hydrogen (secondary N) is 2. The van der Waals surface area contributed by atoms with Gasteiger partial charge in [-0.1, -0.05) is 31.3 Å². The normalized spacial score (nSPS) is 12.7. The van der Waals surface area contributed by atoms with E-state index in [0.29, 0.717) is 6.04 Å². The number of nitrogens with zero attached hydrogens (tertiary/aromatic N) is 2. The van der Waals surface area contributed by atoms with Crippen molar-refractivity contribution < 1.29 is 4.52 Å². The third kappa shape index (κ3) is 7.47. The fraction of sp³-hybridized carbons (Fsp3) is 0.750. The molecule has 0 aromatic carbocycles. The predicted octanol–water partition coefficient (Wildman–Crippen LogP) is 3.59. The summed E-state index contributed by atoms with van der Waals surface area (Å²) in [5.41, 5.74) is 2.17. The summed E-state index contributed by atoms with van der Waals surface area (Å²) in [6, 6.07) is 0.446. The monoisotopic (exact) mass is 422 g/mol. The Labute approximate surface area is 151 Å². The summed E-state index contributed by atoms with van der Waals surface area (Å²) in [6.45, 7) is 9.20. The molecule has 0 radical (unpaired) electrons. The Kier molecular flexibility index (Phi) is 11.3. The van der Waals surface area contributed by atoms with Crippen LogP contribution in [0.15, 0.2) is 9.52 Å². The second kappa shape index (κ2) is 11.7. The van der Waals surface area contributed by atoms with Crippen LogP contribution in [0.4, 0.5) is 0 Å². The largest absolute Gasteiger partial charge is 0.361 e. The molecule has 1 heterocycles. The number of aromatic nitrogens is 1. The molecule has 0 amide bonds. The fourth-order valence-electron chi connectivity index (χ4n) is 2.37. The van der Waals surface area contributed by atoms with Gasteiger partial charge in [0.15, 0.2) is 5.96 Å². The predicted molar refractivity (Wildman–Crippen MR) is 103 cm³/mol. The molecule has 0 fully saturated rings. The molecule has 6 heteroatoms. The number of hydrogen-bond acceptors (Lipinski definition) is 3. The third-order valence-electron chi connectivity index (χ3n) is 3.70. The molecule has 2 N–H and O–H groups in total. The molecule has 0 aliphatic rings. The van der Waals surface area contributed by atoms with Gasteiger partial charge in [-0.3, -0.25) is 4.99 Å². The smallest absolute Gasteiger partial charge is 0.191 e. The highest BCUT2D eigenvalue weighted by Gasteiger charge is 2.09. The van der Waals surface area contributed by atoms with Crippen molar-refractivity contribution in [3.8, 4) is 0 Å². The van der Waals surface area contributed by atoms with E-state index in [1.54, 1.807) is 0 Å². The maximum Gasteiger partial charge on any atom is 0.191 e. The van der Waals surface area contributed by atoms with E-state index in [0.717, 1.165) is 30.4 Å². The Balaban J connectivity index is 0.00000441. The molecule has 22 heavy (non-hydrogen) atoms. The van der Waals surface area contributed by atoms with Crippen molar-refractivity contribution in [1.29, 1.82) is 0 Å². The van der Waals surface area contributed by atoms with Gasteiger partial charge in [0, 0.05) is 25.2 Å². The third-order valence-corrected chi connectivity index (χ3v) is 3.70. The molecule has 0 saturated heterocycles. The van der Waals surface area contributed by atoms with Crippen LogP contribution in [0.5, 0.6) is 0 Å². The van der Waals surface area contributed by atoms with Crippen LogP contribution in [-0.4, -0.2) is 30.8 Å². The van der Waals surface area contributed by atoms with Crippen LogP contribution in [0, 0.1) is 13.8 Å². The first-order chi connectivity index (χ1) is 10.1. The van der Waals surface area contributed by atoms with Crippen LogP contribution in [0.2, 0.25) is 0 Å². The lowest BCUT2D eigenvalue weighted by Gasteiger charge is -2.17. The summed E-state index contributed by atoms with van der Waals surface area (Å²) in [4.78, 5) is 4.28. The van der Waals surface area contributed by atoms with Gasteiger partial charge in [-0.15, -0.1) is 24.0 Å². The molecule has 0 bridgehead atoms. The average Bonchev–Trinajstić information content (AvgIpc) is 2.78. The Morgan fingerprint density at radius 3 is 2.59 bits per heavy atom. The van der Waals surface area contributed by atoms with Crippen LogP contribution in [0.3, 0.4) is 0 Å². The number of aryl methyl sites for hydroxylation is 2. The van der Waals surface area contributed by atoms with Gasteiger partial charge in [0.25, 0.3) is 0 Å². The van der Waals surface area contributed by atoms with E-state index in [2.05, 4.69) is 34.6 Å². The summed E-state index contributed by atoms with van der Waals surface area (Å²) < 4.78 is 5.17. The molecule has 0 spiro atoms. The number of unbranched alkanes of at least 4 members (excludes halogenated alkanes) is 2. The summed E-state index contributed by atoms with van der Waals surface area (Å²) in [6.07, 6.45) is 5.90. The maximum atomic E-state index is 5.17. The highest BCUT2D eigenvalue weighted by molar-refractivity contribution is 14.0. The lowest BCUT2D eigenvalue weighted by molar-refractivity contribution is 0.392. The van der Waals surface area contributed by atoms with Gasteiger partial charge < -0.3 is 15.2 Å². The van der Waals surface area contributed by atoms with Gasteiger partial charge in [-0.2, -0.15) is 0 Å². The van der Waals surface area contributed by atoms with Crippen molar-refractivity contribution >= 4 is 29.9 Å². The van der Waals surface area contributed by atoms with Crippen LogP contribution in [0.1, 0.15) is 56.5 Å². The zero-order valence-electron chi connectivity index (χ0n) is 14.5. The van der Waals surface area contributed by atoms with Crippen molar-refractivity contribution in [2.75, 3.05) is 13.6 Å². The number of guanidine groups is 1. The Morgan fingerprint density at radius 1 is 1.32 bits per heavy atom. The highest BCUT2D eigenvalue weighted by atomic mass is 127. The standard InChI is InChI=1S/C16H30N4O.HI/c1-6-7-8-9-12(2)19-16(17-5)18-11-10-15-13(3)20-21-14(15)4;/h12H,6-11H2,1-5H3,(H2,17,18,19);1H. The molecular formula is C16H31IN4O. The van der Waals surface area contributed by atoms with Crippen LogP contribution in [0.25, 0.3) is 0 Å². The Hall–Kier alpha value is -0.790. The van der Waals surface area contributed by atoms with Crippen molar-refractivity contribution in [3.05, 3.63) is 17.0 Å². The van der Waals surface area contributed by atoms with Gasteiger partial charge in [-0.25, -0.2) is 0 Å². The number of aliphatic imine (C=N–C) groups is 1. The van der Waals surface area contributed by atoms with Gasteiger partial charge in [0.1, 0.15) is 5.76 Å². The van der Waals surface area contributed by atoms with Crippen LogP contribution >= 0.6 is 24.0 Å². The summed E-state index contributed by atoms with van der Waals surface area (Å²) in [7, 11) is 1.81. The van der Waals surface area contributed by atoms with Crippen molar-refractivity contribution in [3.63, 3.8) is 0 Å². The van der Waals surface area contributed by atoms with E-state index in [9.17, 15) is 0 Å². The van der Waals surface area contributed by atoms with E-state index in [-0.39, 0.29) is 24.0 Å². The number of hydrogen-bond donors (Lipinski definition) is 2. The molecule has 0 aliphatic heterocycles. The lowest BCUT2D eigenvalue weighted by Crippen LogP contribution is -2.42. The minimum atomic E-state index is 0. The fourth-order valence-corrected chi connectivity index (χ4v) is 2.37. The zero-order valence-corrected chi connectivity index (χ0v) is 16.9. The molecule has 128 valence electrons. The minimum absolute atomic E-state index is 0. The summed E-state index contributed by atoms with van der Waals surface area (Å²) >= 11 is 0. The maximum absolute atomic E-state index is 5.17. The first kappa shape index (κ1) is 21.2. The van der Waals surface area contributed by atoms with Crippen molar-refractivity contribution in [1.82, 2.24) is 15.8 Å². The minimum Gasteiger partial charge on any atom is -0.361 e. The van der Waals surface area contributed by atoms with Gasteiger partial charge >= 0.3 is 0 Å². The van der Waals surface area contributed by atoms with E-state index < -0.39 is 0 Å². The highest BCUT2D eigenvalue weighted by Crippen LogP contribution is 2.12. The van der Waals surface area contributed by atoms with Gasteiger partial charge in [0.05, 0.1) is 5.69 Å². The second-order valence-electron chi connectivity index (χ2n) is 5.59. The second-order valence-corrected chi connectivity index (χ2v) is 5.59. The average molecular weight is 422 g/mol. The molecule has 1 atom stereocenters. The molecule has 0 saturated carbocycles. The van der Waals surface area contributed by atoms with Crippen molar-refractivity contribution in [2.24, 2.45) is 4.99 Å².